The molecule has 0 spiro atoms. The average molecular weight is 630 g/mol. The number of carbonyl (C=O) groups is 2. The number of aryl methyl sites for hydroxylation is 1. The minimum atomic E-state index is -1.01. The first-order valence-electron chi connectivity index (χ1n) is 14.6. The molecule has 4 aromatic rings. The molecule has 1 aliphatic heterocycles. The van der Waals surface area contributed by atoms with E-state index in [1.807, 2.05) is 43.5 Å². The molecule has 0 fully saturated rings. The van der Waals surface area contributed by atoms with Gasteiger partial charge < -0.3 is 23.9 Å². The van der Waals surface area contributed by atoms with Crippen molar-refractivity contribution in [2.24, 2.45) is 4.99 Å². The van der Waals surface area contributed by atoms with Gasteiger partial charge >= 0.3 is 11.9 Å². The summed E-state index contributed by atoms with van der Waals surface area (Å²) in [7, 11) is 3.09. The molecule has 0 bridgehead atoms. The summed E-state index contributed by atoms with van der Waals surface area (Å²) in [6.45, 7) is 7.76. The van der Waals surface area contributed by atoms with Crippen molar-refractivity contribution in [2.45, 2.75) is 46.6 Å². The molecule has 0 aliphatic carbocycles. The van der Waals surface area contributed by atoms with Crippen molar-refractivity contribution in [2.75, 3.05) is 20.8 Å². The van der Waals surface area contributed by atoms with E-state index in [2.05, 4.69) is 0 Å². The molecule has 0 unspecified atom stereocenters. The molecule has 1 N–H and O–H groups in total. The van der Waals surface area contributed by atoms with Gasteiger partial charge in [-0.25, -0.2) is 14.6 Å². The van der Waals surface area contributed by atoms with Gasteiger partial charge in [-0.15, -0.1) is 0 Å². The third-order valence-corrected chi connectivity index (χ3v) is 8.71. The number of aromatic nitrogens is 2. The molecule has 45 heavy (non-hydrogen) atoms. The van der Waals surface area contributed by atoms with Gasteiger partial charge in [-0.05, 0) is 81.3 Å². The molecule has 0 saturated carbocycles. The number of esters is 1. The highest BCUT2D eigenvalue weighted by Gasteiger charge is 2.36. The van der Waals surface area contributed by atoms with Gasteiger partial charge in [-0.3, -0.25) is 9.36 Å². The number of fused-ring (bicyclic) bond motifs is 1. The first-order chi connectivity index (χ1) is 21.6. The van der Waals surface area contributed by atoms with Gasteiger partial charge in [0.25, 0.3) is 5.56 Å². The van der Waals surface area contributed by atoms with E-state index in [0.29, 0.717) is 49.8 Å². The predicted molar refractivity (Wildman–Crippen MR) is 171 cm³/mol. The number of hydrogen-bond acceptors (Lipinski definition) is 8. The van der Waals surface area contributed by atoms with Crippen molar-refractivity contribution < 1.29 is 28.9 Å². The molecule has 0 radical (unpaired) electrons. The fourth-order valence-corrected chi connectivity index (χ4v) is 6.73. The van der Waals surface area contributed by atoms with Gasteiger partial charge in [0.2, 0.25) is 0 Å². The molecular weight excluding hydrogens is 594 g/mol. The summed E-state index contributed by atoms with van der Waals surface area (Å²) >= 11 is 1.24. The second-order valence-corrected chi connectivity index (χ2v) is 11.5. The van der Waals surface area contributed by atoms with Crippen LogP contribution in [0.2, 0.25) is 0 Å². The zero-order valence-electron chi connectivity index (χ0n) is 26.0. The van der Waals surface area contributed by atoms with Crippen LogP contribution >= 0.6 is 11.3 Å². The van der Waals surface area contributed by atoms with Crippen LogP contribution in [0.1, 0.15) is 65.6 Å². The quantitative estimate of drug-likeness (QED) is 0.253. The molecule has 11 heteroatoms. The number of thiazole rings is 1. The Kier molecular flexibility index (Phi) is 9.10. The van der Waals surface area contributed by atoms with Crippen molar-refractivity contribution in [3.05, 3.63) is 108 Å². The fraction of sp³-hybridized carbons (Fsp3) is 0.294. The third kappa shape index (κ3) is 5.83. The van der Waals surface area contributed by atoms with Gasteiger partial charge in [-0.2, -0.15) is 0 Å². The lowest BCUT2D eigenvalue weighted by Gasteiger charge is -2.27. The molecule has 3 heterocycles. The van der Waals surface area contributed by atoms with Crippen LogP contribution in [0.3, 0.4) is 0 Å². The van der Waals surface area contributed by atoms with E-state index in [1.54, 1.807) is 50.4 Å². The molecule has 0 saturated heterocycles. The van der Waals surface area contributed by atoms with Gasteiger partial charge in [-0.1, -0.05) is 30.7 Å². The molecule has 5 rings (SSSR count). The summed E-state index contributed by atoms with van der Waals surface area (Å²) in [5, 5.41) is 9.50. The monoisotopic (exact) mass is 629 g/mol. The lowest BCUT2D eigenvalue weighted by molar-refractivity contribution is -0.139. The number of rotatable bonds is 10. The SMILES string of the molecule is CCCC1=C(C(=O)OCC)[C@@H](c2cc(OC)ccc2OC)n2c(s/c(=C\c3cc(C)n(-c4cccc(C(=O)O)c4)c3C)c2=O)=N1. The molecule has 1 atom stereocenters. The Morgan fingerprint density at radius 2 is 1.84 bits per heavy atom. The number of ether oxygens (including phenoxy) is 3. The summed E-state index contributed by atoms with van der Waals surface area (Å²) in [6, 6.07) is 13.1. The first kappa shape index (κ1) is 31.5. The predicted octanol–water partition coefficient (Wildman–Crippen LogP) is 4.70. The van der Waals surface area contributed by atoms with Gasteiger partial charge in [0, 0.05) is 22.6 Å². The number of allylic oxidation sites excluding steroid dienone is 1. The maximum absolute atomic E-state index is 14.3. The Balaban J connectivity index is 1.76. The highest BCUT2D eigenvalue weighted by Crippen LogP contribution is 2.38. The summed E-state index contributed by atoms with van der Waals surface area (Å²) in [5.74, 6) is -0.514. The maximum Gasteiger partial charge on any atom is 0.338 e. The van der Waals surface area contributed by atoms with Crippen LogP contribution in [0, 0.1) is 13.8 Å². The molecular formula is C34H35N3O7S. The van der Waals surface area contributed by atoms with Crippen LogP contribution in [0.15, 0.2) is 69.6 Å². The van der Waals surface area contributed by atoms with E-state index in [4.69, 9.17) is 19.2 Å². The number of benzene rings is 2. The normalized spacial score (nSPS) is 14.6. The number of carbonyl (C=O) groups excluding carboxylic acids is 1. The fourth-order valence-electron chi connectivity index (χ4n) is 5.72. The van der Waals surface area contributed by atoms with Crippen LogP contribution in [0.25, 0.3) is 11.8 Å². The van der Waals surface area contributed by atoms with Crippen LogP contribution in [-0.2, 0) is 9.53 Å². The van der Waals surface area contributed by atoms with Crippen molar-refractivity contribution in [3.8, 4) is 17.2 Å². The van der Waals surface area contributed by atoms with E-state index in [1.165, 1.54) is 23.0 Å². The topological polar surface area (TPSA) is 121 Å². The van der Waals surface area contributed by atoms with Crippen LogP contribution in [-0.4, -0.2) is 47.0 Å². The second-order valence-electron chi connectivity index (χ2n) is 10.5. The smallest absolute Gasteiger partial charge is 0.338 e. The number of hydrogen-bond donors (Lipinski definition) is 1. The van der Waals surface area contributed by atoms with Gasteiger partial charge in [0.05, 0.1) is 42.2 Å². The number of carboxylic acid groups (broad SMARTS) is 1. The largest absolute Gasteiger partial charge is 0.497 e. The Labute approximate surface area is 264 Å². The van der Waals surface area contributed by atoms with E-state index in [-0.39, 0.29) is 17.7 Å². The summed E-state index contributed by atoms with van der Waals surface area (Å²) in [4.78, 5) is 44.8. The standard InChI is InChI=1S/C34H35N3O7S/c1-7-10-26-29(33(41)44-8-2)30(25-18-24(42-5)13-14-27(25)43-6)37-31(38)28(45-34(37)35-26)17-22-15-19(3)36(20(22)4)23-12-9-11-21(16-23)32(39)40/h9,11-18,30H,7-8,10H2,1-6H3,(H,39,40)/b28-17-/t30-/m1/s1. The molecule has 2 aromatic carbocycles. The zero-order valence-corrected chi connectivity index (χ0v) is 26.9. The van der Waals surface area contributed by atoms with Crippen LogP contribution in [0.4, 0.5) is 0 Å². The Morgan fingerprint density at radius 3 is 2.51 bits per heavy atom. The first-order valence-corrected chi connectivity index (χ1v) is 15.4. The van der Waals surface area contributed by atoms with Crippen molar-refractivity contribution in [1.82, 2.24) is 9.13 Å². The van der Waals surface area contributed by atoms with E-state index in [9.17, 15) is 19.5 Å². The van der Waals surface area contributed by atoms with Gasteiger partial charge in [0.15, 0.2) is 4.80 Å². The lowest BCUT2D eigenvalue weighted by atomic mass is 9.93. The minimum absolute atomic E-state index is 0.166. The Morgan fingerprint density at radius 1 is 1.07 bits per heavy atom. The second kappa shape index (κ2) is 13.0. The number of methoxy groups -OCH3 is 2. The summed E-state index contributed by atoms with van der Waals surface area (Å²) < 4.78 is 20.7. The zero-order chi connectivity index (χ0) is 32.4. The summed E-state index contributed by atoms with van der Waals surface area (Å²) in [6.07, 6.45) is 3.06. The molecule has 10 nitrogen and oxygen atoms in total. The Bertz CT molecular complexity index is 2020. The minimum Gasteiger partial charge on any atom is -0.497 e. The van der Waals surface area contributed by atoms with Crippen LogP contribution in [0.5, 0.6) is 11.5 Å². The number of nitrogens with zero attached hydrogens (tertiary/aromatic N) is 3. The Hall–Kier alpha value is -4.90. The van der Waals surface area contributed by atoms with Crippen LogP contribution < -0.4 is 24.4 Å². The molecule has 234 valence electrons. The molecule has 0 amide bonds. The third-order valence-electron chi connectivity index (χ3n) is 7.73. The maximum atomic E-state index is 14.3. The van der Waals surface area contributed by atoms with Gasteiger partial charge in [0.1, 0.15) is 17.5 Å². The highest BCUT2D eigenvalue weighted by molar-refractivity contribution is 7.07. The molecule has 2 aromatic heterocycles. The number of carboxylic acids is 1. The average Bonchev–Trinajstić information content (AvgIpc) is 3.49. The van der Waals surface area contributed by atoms with Crippen molar-refractivity contribution in [1.29, 1.82) is 0 Å². The van der Waals surface area contributed by atoms with E-state index >= 15 is 0 Å². The van der Waals surface area contributed by atoms with Crippen molar-refractivity contribution >= 4 is 29.4 Å². The highest BCUT2D eigenvalue weighted by atomic mass is 32.1. The van der Waals surface area contributed by atoms with E-state index in [0.717, 1.165) is 23.4 Å². The molecule has 1 aliphatic rings. The van der Waals surface area contributed by atoms with Crippen molar-refractivity contribution in [3.63, 3.8) is 0 Å². The summed E-state index contributed by atoms with van der Waals surface area (Å²) in [5.41, 5.74) is 4.52. The van der Waals surface area contributed by atoms with E-state index < -0.39 is 18.0 Å². The number of aromatic carboxylic acids is 1. The lowest BCUT2D eigenvalue weighted by Crippen LogP contribution is -2.40.